The van der Waals surface area contributed by atoms with Gasteiger partial charge in [-0.15, -0.1) is 0 Å². The molecule has 2 aromatic carbocycles. The fraction of sp³-hybridized carbons (Fsp3) is 0.0870. The van der Waals surface area contributed by atoms with E-state index in [1.807, 2.05) is 6.07 Å². The number of nitro groups is 1. The number of hydrogen-bond acceptors (Lipinski definition) is 11. The lowest BCUT2D eigenvalue weighted by atomic mass is 10.0. The minimum atomic E-state index is -0.484. The Kier molecular flexibility index (Phi) is 5.78. The maximum atomic E-state index is 14.1. The van der Waals surface area contributed by atoms with Gasteiger partial charge in [0, 0.05) is 17.2 Å². The lowest BCUT2D eigenvalue weighted by Gasteiger charge is -2.09. The second-order valence-electron chi connectivity index (χ2n) is 7.72. The van der Waals surface area contributed by atoms with Crippen LogP contribution in [0.25, 0.3) is 22.6 Å². The predicted molar refractivity (Wildman–Crippen MR) is 129 cm³/mol. The molecular weight excluding hydrogens is 471 g/mol. The van der Waals surface area contributed by atoms with Crippen LogP contribution in [0.5, 0.6) is 0 Å². The molecule has 2 N–H and O–H groups in total. The van der Waals surface area contributed by atoms with Gasteiger partial charge in [-0.1, -0.05) is 12.1 Å². The van der Waals surface area contributed by atoms with Crippen LogP contribution in [0.15, 0.2) is 62.7 Å². The number of aromatic nitrogens is 4. The summed E-state index contributed by atoms with van der Waals surface area (Å²) >= 11 is 0. The van der Waals surface area contributed by atoms with Crippen molar-refractivity contribution in [3.63, 3.8) is 0 Å². The molecule has 0 amide bonds. The molecule has 0 aliphatic heterocycles. The predicted octanol–water partition coefficient (Wildman–Crippen LogP) is 5.13. The molecule has 0 bridgehead atoms. The first-order chi connectivity index (χ1) is 17.4. The van der Waals surface area contributed by atoms with Crippen molar-refractivity contribution in [2.24, 2.45) is 5.10 Å². The summed E-state index contributed by atoms with van der Waals surface area (Å²) < 4.78 is 24.6. The van der Waals surface area contributed by atoms with E-state index in [4.69, 9.17) is 4.42 Å². The monoisotopic (exact) mass is 488 g/mol. The van der Waals surface area contributed by atoms with Gasteiger partial charge in [0.2, 0.25) is 11.3 Å². The van der Waals surface area contributed by atoms with Crippen LogP contribution >= 0.6 is 0 Å². The maximum Gasteiger partial charge on any atom is 0.273 e. The highest BCUT2D eigenvalue weighted by Crippen LogP contribution is 2.32. The average Bonchev–Trinajstić information content (AvgIpc) is 3.51. The number of anilines is 3. The summed E-state index contributed by atoms with van der Waals surface area (Å²) in [5.74, 6) is 0.624. The fourth-order valence-electron chi connectivity index (χ4n) is 3.50. The van der Waals surface area contributed by atoms with E-state index in [0.717, 1.165) is 5.56 Å². The average molecular weight is 488 g/mol. The topological polar surface area (TPSA) is 157 Å². The zero-order valence-electron chi connectivity index (χ0n) is 18.9. The molecule has 0 saturated carbocycles. The van der Waals surface area contributed by atoms with Gasteiger partial charge in [0.25, 0.3) is 5.69 Å². The van der Waals surface area contributed by atoms with Crippen LogP contribution in [-0.2, 0) is 0 Å². The molecule has 3 heterocycles. The Hall–Kier alpha value is -5.20. The van der Waals surface area contributed by atoms with Crippen LogP contribution in [0.1, 0.15) is 16.9 Å². The molecule has 13 heteroatoms. The van der Waals surface area contributed by atoms with Gasteiger partial charge in [0.1, 0.15) is 17.3 Å². The van der Waals surface area contributed by atoms with Crippen molar-refractivity contribution in [1.29, 1.82) is 0 Å². The summed E-state index contributed by atoms with van der Waals surface area (Å²) in [6.45, 7) is 3.45. The highest BCUT2D eigenvalue weighted by atomic mass is 19.1. The number of aryl methyl sites for hydroxylation is 1. The molecule has 0 fully saturated rings. The van der Waals surface area contributed by atoms with Gasteiger partial charge >= 0.3 is 0 Å². The summed E-state index contributed by atoms with van der Waals surface area (Å²) in [4.78, 5) is 19.5. The molecule has 0 saturated heterocycles. The minimum absolute atomic E-state index is 0.0180. The SMILES string of the molecule is Cc1cc(-c2ccc(C=NNc3nc4nonc4nc3Nc3ccccc3F)o2)c(C)c([N+](=O)[O-])c1. The van der Waals surface area contributed by atoms with Crippen molar-refractivity contribution >= 4 is 40.5 Å². The first-order valence-electron chi connectivity index (χ1n) is 10.6. The van der Waals surface area contributed by atoms with E-state index < -0.39 is 10.7 Å². The quantitative estimate of drug-likeness (QED) is 0.179. The lowest BCUT2D eigenvalue weighted by Crippen LogP contribution is -2.04. The van der Waals surface area contributed by atoms with E-state index in [2.05, 4.69) is 40.8 Å². The van der Waals surface area contributed by atoms with Gasteiger partial charge in [-0.3, -0.25) is 15.5 Å². The molecule has 0 radical (unpaired) electrons. The molecule has 5 aromatic rings. The fourth-order valence-corrected chi connectivity index (χ4v) is 3.50. The van der Waals surface area contributed by atoms with E-state index in [0.29, 0.717) is 22.6 Å². The number of halogens is 1. The Morgan fingerprint density at radius 2 is 1.81 bits per heavy atom. The Morgan fingerprint density at radius 3 is 2.56 bits per heavy atom. The number of rotatable bonds is 7. The Labute approximate surface area is 202 Å². The van der Waals surface area contributed by atoms with Gasteiger partial charge in [0.15, 0.2) is 11.6 Å². The number of furan rings is 1. The number of nitro benzene ring substituents is 1. The molecule has 0 aliphatic carbocycles. The summed E-state index contributed by atoms with van der Waals surface area (Å²) in [5.41, 5.74) is 5.02. The van der Waals surface area contributed by atoms with Crippen molar-refractivity contribution in [3.05, 3.63) is 81.3 Å². The number of hydrogen-bond donors (Lipinski definition) is 2. The third-order valence-corrected chi connectivity index (χ3v) is 5.22. The first-order valence-corrected chi connectivity index (χ1v) is 10.6. The minimum Gasteiger partial charge on any atom is -0.455 e. The Balaban J connectivity index is 1.40. The molecule has 36 heavy (non-hydrogen) atoms. The standard InChI is InChI=1S/C23H17FN8O4/c1-12-9-15(13(2)18(10-12)32(33)34)19-8-7-14(35-19)11-25-29-21-20(26-17-6-4-3-5-16(17)24)27-22-23(28-21)31-36-30-22/h3-11H,1-2H3,(H,26,27,30)(H,28,29,31). The molecule has 180 valence electrons. The highest BCUT2D eigenvalue weighted by Gasteiger charge is 2.18. The number of para-hydroxylation sites is 1. The molecule has 5 rings (SSSR count). The summed E-state index contributed by atoms with van der Waals surface area (Å²) in [6, 6.07) is 12.8. The highest BCUT2D eigenvalue weighted by molar-refractivity contribution is 5.81. The maximum absolute atomic E-state index is 14.1. The molecular formula is C23H17FN8O4. The van der Waals surface area contributed by atoms with Gasteiger partial charge in [-0.2, -0.15) is 10.1 Å². The van der Waals surface area contributed by atoms with Crippen LogP contribution < -0.4 is 10.7 Å². The normalized spacial score (nSPS) is 11.3. The molecule has 0 unspecified atom stereocenters. The molecule has 0 atom stereocenters. The van der Waals surface area contributed by atoms with E-state index in [-0.39, 0.29) is 34.3 Å². The molecule has 12 nitrogen and oxygen atoms in total. The Bertz CT molecular complexity index is 1630. The zero-order valence-corrected chi connectivity index (χ0v) is 18.9. The second-order valence-corrected chi connectivity index (χ2v) is 7.72. The van der Waals surface area contributed by atoms with Crippen LogP contribution in [-0.4, -0.2) is 31.4 Å². The van der Waals surface area contributed by atoms with Crippen molar-refractivity contribution in [2.45, 2.75) is 13.8 Å². The zero-order chi connectivity index (χ0) is 25.2. The Morgan fingerprint density at radius 1 is 1.06 bits per heavy atom. The van der Waals surface area contributed by atoms with Crippen LogP contribution in [0, 0.1) is 29.8 Å². The third kappa shape index (κ3) is 4.44. The summed E-state index contributed by atoms with van der Waals surface area (Å²) in [6.07, 6.45) is 1.39. The van der Waals surface area contributed by atoms with Crippen molar-refractivity contribution < 1.29 is 18.4 Å². The third-order valence-electron chi connectivity index (χ3n) is 5.22. The number of fused-ring (bicyclic) bond motifs is 1. The van der Waals surface area contributed by atoms with Crippen molar-refractivity contribution in [3.8, 4) is 11.3 Å². The van der Waals surface area contributed by atoms with E-state index >= 15 is 0 Å². The number of benzene rings is 2. The summed E-state index contributed by atoms with van der Waals surface area (Å²) in [5, 5.41) is 25.7. The van der Waals surface area contributed by atoms with Gasteiger partial charge in [0.05, 0.1) is 16.8 Å². The van der Waals surface area contributed by atoms with Crippen molar-refractivity contribution in [1.82, 2.24) is 20.3 Å². The first kappa shape index (κ1) is 22.6. The van der Waals surface area contributed by atoms with Gasteiger partial charge in [-0.25, -0.2) is 14.0 Å². The number of nitrogens with zero attached hydrogens (tertiary/aromatic N) is 6. The molecule has 0 spiro atoms. The van der Waals surface area contributed by atoms with Crippen LogP contribution in [0.3, 0.4) is 0 Å². The number of nitrogens with one attached hydrogen (secondary N) is 2. The molecule has 0 aliphatic rings. The number of hydrazone groups is 1. The van der Waals surface area contributed by atoms with Crippen LogP contribution in [0.4, 0.5) is 27.4 Å². The summed E-state index contributed by atoms with van der Waals surface area (Å²) in [7, 11) is 0. The lowest BCUT2D eigenvalue weighted by molar-refractivity contribution is -0.385. The molecule has 3 aromatic heterocycles. The smallest absolute Gasteiger partial charge is 0.273 e. The largest absolute Gasteiger partial charge is 0.455 e. The van der Waals surface area contributed by atoms with Crippen LogP contribution in [0.2, 0.25) is 0 Å². The van der Waals surface area contributed by atoms with Gasteiger partial charge in [-0.05, 0) is 60.1 Å². The second kappa shape index (κ2) is 9.21. The van der Waals surface area contributed by atoms with Gasteiger partial charge < -0.3 is 9.73 Å². The van der Waals surface area contributed by atoms with Crippen molar-refractivity contribution in [2.75, 3.05) is 10.7 Å². The van der Waals surface area contributed by atoms with E-state index in [9.17, 15) is 14.5 Å². The van der Waals surface area contributed by atoms with E-state index in [1.165, 1.54) is 24.4 Å². The van der Waals surface area contributed by atoms with E-state index in [1.54, 1.807) is 38.1 Å².